The number of ether oxygens (including phenoxy) is 1. The van der Waals surface area contributed by atoms with Crippen LogP contribution in [-0.2, 0) is 5.33 Å². The van der Waals surface area contributed by atoms with Gasteiger partial charge in [-0.15, -0.1) is 11.8 Å². The smallest absolute Gasteiger partial charge is 0.198 e. The van der Waals surface area contributed by atoms with Gasteiger partial charge in [0.15, 0.2) is 17.4 Å². The highest BCUT2D eigenvalue weighted by atomic mass is 79.9. The van der Waals surface area contributed by atoms with Crippen LogP contribution in [0.4, 0.5) is 8.78 Å². The number of alkyl halides is 1. The molecule has 0 radical (unpaired) electrons. The third-order valence-corrected chi connectivity index (χ3v) is 3.92. The van der Waals surface area contributed by atoms with E-state index in [1.807, 2.05) is 18.4 Å². The molecular weight excluding hydrogens is 334 g/mol. The molecule has 0 amide bonds. The van der Waals surface area contributed by atoms with Gasteiger partial charge in [-0.2, -0.15) is 0 Å². The van der Waals surface area contributed by atoms with Crippen LogP contribution in [0.2, 0.25) is 0 Å². The molecule has 19 heavy (non-hydrogen) atoms. The number of hydrogen-bond donors (Lipinski definition) is 0. The monoisotopic (exact) mass is 344 g/mol. The van der Waals surface area contributed by atoms with Crippen LogP contribution in [0.25, 0.3) is 0 Å². The Morgan fingerprint density at radius 3 is 2.37 bits per heavy atom. The highest BCUT2D eigenvalue weighted by Crippen LogP contribution is 2.34. The van der Waals surface area contributed by atoms with Crippen molar-refractivity contribution >= 4 is 27.7 Å². The molecule has 0 bridgehead atoms. The van der Waals surface area contributed by atoms with Gasteiger partial charge in [0, 0.05) is 10.2 Å². The van der Waals surface area contributed by atoms with Crippen molar-refractivity contribution in [3.63, 3.8) is 0 Å². The van der Waals surface area contributed by atoms with Gasteiger partial charge in [0.2, 0.25) is 0 Å². The second kappa shape index (κ2) is 6.39. The van der Waals surface area contributed by atoms with Crippen LogP contribution in [0.15, 0.2) is 41.3 Å². The predicted octanol–water partition coefficient (Wildman–Crippen LogP) is 5.37. The minimum atomic E-state index is -0.703. The fraction of sp³-hybridized carbons (Fsp3) is 0.143. The van der Waals surface area contributed by atoms with Crippen LogP contribution < -0.4 is 4.74 Å². The Morgan fingerprint density at radius 1 is 1.16 bits per heavy atom. The van der Waals surface area contributed by atoms with E-state index < -0.39 is 11.6 Å². The molecule has 0 N–H and O–H groups in total. The van der Waals surface area contributed by atoms with Gasteiger partial charge in [-0.05, 0) is 36.1 Å². The molecular formula is C14H11BrF2OS. The standard InChI is InChI=1S/C14H11BrF2OS/c1-19-13-5-3-2-4-12(13)18-14-10(16)6-9(8-15)7-11(14)17/h2-7H,8H2,1H3. The number of rotatable bonds is 4. The molecule has 0 unspecified atom stereocenters. The number of thioether (sulfide) groups is 1. The number of hydrogen-bond acceptors (Lipinski definition) is 2. The van der Waals surface area contributed by atoms with Gasteiger partial charge in [-0.3, -0.25) is 0 Å². The molecule has 0 aliphatic heterocycles. The van der Waals surface area contributed by atoms with E-state index in [0.29, 0.717) is 16.6 Å². The lowest BCUT2D eigenvalue weighted by atomic mass is 10.2. The molecule has 5 heteroatoms. The first-order valence-electron chi connectivity index (χ1n) is 5.50. The summed E-state index contributed by atoms with van der Waals surface area (Å²) in [7, 11) is 0. The summed E-state index contributed by atoms with van der Waals surface area (Å²) in [5, 5.41) is 0.391. The van der Waals surface area contributed by atoms with Crippen LogP contribution in [0, 0.1) is 11.6 Å². The fourth-order valence-electron chi connectivity index (χ4n) is 1.60. The molecule has 0 aliphatic rings. The summed E-state index contributed by atoms with van der Waals surface area (Å²) in [6.45, 7) is 0. The average Bonchev–Trinajstić information content (AvgIpc) is 2.43. The van der Waals surface area contributed by atoms with Crippen LogP contribution in [0.5, 0.6) is 11.5 Å². The zero-order chi connectivity index (χ0) is 13.8. The summed E-state index contributed by atoms with van der Waals surface area (Å²) in [5.41, 5.74) is 0.528. The molecule has 0 aromatic heterocycles. The Labute approximate surface area is 123 Å². The minimum absolute atomic E-state index is 0.369. The van der Waals surface area contributed by atoms with Crippen LogP contribution >= 0.6 is 27.7 Å². The summed E-state index contributed by atoms with van der Waals surface area (Å²) in [6.07, 6.45) is 1.88. The molecule has 0 saturated heterocycles. The third-order valence-electron chi connectivity index (χ3n) is 2.49. The van der Waals surface area contributed by atoms with Crippen molar-refractivity contribution in [1.82, 2.24) is 0 Å². The van der Waals surface area contributed by atoms with Crippen molar-refractivity contribution in [2.75, 3.05) is 6.26 Å². The molecule has 2 rings (SSSR count). The Hall–Kier alpha value is -1.07. The van der Waals surface area contributed by atoms with Crippen LogP contribution in [0.3, 0.4) is 0 Å². The number of halogens is 3. The number of para-hydroxylation sites is 1. The van der Waals surface area contributed by atoms with E-state index in [9.17, 15) is 8.78 Å². The largest absolute Gasteiger partial charge is 0.450 e. The molecule has 0 aliphatic carbocycles. The normalized spacial score (nSPS) is 10.5. The molecule has 0 fully saturated rings. The first-order chi connectivity index (χ1) is 9.15. The quantitative estimate of drug-likeness (QED) is 0.544. The molecule has 100 valence electrons. The van der Waals surface area contributed by atoms with Crippen molar-refractivity contribution in [3.05, 3.63) is 53.6 Å². The van der Waals surface area contributed by atoms with E-state index in [1.165, 1.54) is 23.9 Å². The Balaban J connectivity index is 2.38. The molecule has 0 spiro atoms. The second-order valence-electron chi connectivity index (χ2n) is 3.78. The maximum atomic E-state index is 13.8. The summed E-state index contributed by atoms with van der Waals surface area (Å²) in [6, 6.07) is 9.65. The van der Waals surface area contributed by atoms with E-state index in [1.54, 1.807) is 12.1 Å². The first-order valence-corrected chi connectivity index (χ1v) is 7.85. The average molecular weight is 345 g/mol. The Bertz CT molecular complexity index is 566. The zero-order valence-corrected chi connectivity index (χ0v) is 12.5. The molecule has 0 heterocycles. The van der Waals surface area contributed by atoms with Gasteiger partial charge in [0.05, 0.1) is 0 Å². The van der Waals surface area contributed by atoms with Gasteiger partial charge in [-0.25, -0.2) is 8.78 Å². The minimum Gasteiger partial charge on any atom is -0.450 e. The Morgan fingerprint density at radius 2 is 1.79 bits per heavy atom. The number of benzene rings is 2. The van der Waals surface area contributed by atoms with E-state index >= 15 is 0 Å². The topological polar surface area (TPSA) is 9.23 Å². The van der Waals surface area contributed by atoms with Gasteiger partial charge < -0.3 is 4.74 Å². The lowest BCUT2D eigenvalue weighted by Crippen LogP contribution is -1.95. The van der Waals surface area contributed by atoms with Crippen LogP contribution in [-0.4, -0.2) is 6.26 Å². The third kappa shape index (κ3) is 3.28. The predicted molar refractivity (Wildman–Crippen MR) is 77.3 cm³/mol. The fourth-order valence-corrected chi connectivity index (χ4v) is 2.45. The Kier molecular flexibility index (Phi) is 4.82. The maximum Gasteiger partial charge on any atom is 0.198 e. The maximum absolute atomic E-state index is 13.8. The van der Waals surface area contributed by atoms with Gasteiger partial charge in [0.1, 0.15) is 5.75 Å². The van der Waals surface area contributed by atoms with Gasteiger partial charge >= 0.3 is 0 Å². The van der Waals surface area contributed by atoms with Crippen molar-refractivity contribution in [3.8, 4) is 11.5 Å². The van der Waals surface area contributed by atoms with Crippen molar-refractivity contribution in [2.45, 2.75) is 10.2 Å². The van der Waals surface area contributed by atoms with E-state index in [0.717, 1.165) is 4.90 Å². The van der Waals surface area contributed by atoms with E-state index in [2.05, 4.69) is 15.9 Å². The summed E-state index contributed by atoms with van der Waals surface area (Å²) >= 11 is 4.62. The van der Waals surface area contributed by atoms with Gasteiger partial charge in [-0.1, -0.05) is 28.1 Å². The van der Waals surface area contributed by atoms with E-state index in [-0.39, 0.29) is 5.75 Å². The highest BCUT2D eigenvalue weighted by molar-refractivity contribution is 9.08. The molecule has 2 aromatic carbocycles. The molecule has 2 aromatic rings. The molecule has 0 atom stereocenters. The second-order valence-corrected chi connectivity index (χ2v) is 5.18. The van der Waals surface area contributed by atoms with Crippen molar-refractivity contribution in [2.24, 2.45) is 0 Å². The van der Waals surface area contributed by atoms with Crippen molar-refractivity contribution in [1.29, 1.82) is 0 Å². The van der Waals surface area contributed by atoms with Crippen molar-refractivity contribution < 1.29 is 13.5 Å². The molecule has 1 nitrogen and oxygen atoms in total. The van der Waals surface area contributed by atoms with E-state index in [4.69, 9.17) is 4.74 Å². The molecule has 0 saturated carbocycles. The zero-order valence-electron chi connectivity index (χ0n) is 10.1. The summed E-state index contributed by atoms with van der Waals surface area (Å²) in [5.74, 6) is -1.33. The lowest BCUT2D eigenvalue weighted by Gasteiger charge is -2.11. The SMILES string of the molecule is CSc1ccccc1Oc1c(F)cc(CBr)cc1F. The van der Waals surface area contributed by atoms with Crippen LogP contribution in [0.1, 0.15) is 5.56 Å². The highest BCUT2D eigenvalue weighted by Gasteiger charge is 2.14. The van der Waals surface area contributed by atoms with Gasteiger partial charge in [0.25, 0.3) is 0 Å². The summed E-state index contributed by atoms with van der Waals surface area (Å²) < 4.78 is 33.0. The summed E-state index contributed by atoms with van der Waals surface area (Å²) in [4.78, 5) is 0.825. The lowest BCUT2D eigenvalue weighted by molar-refractivity contribution is 0.400. The first kappa shape index (κ1) is 14.3.